The van der Waals surface area contributed by atoms with Gasteiger partial charge in [-0.25, -0.2) is 0 Å². The van der Waals surface area contributed by atoms with Crippen molar-refractivity contribution < 1.29 is 9.47 Å². The second kappa shape index (κ2) is 7.37. The molecule has 0 amide bonds. The SMILES string of the molecule is COc1cc(CNC2CCC(C)CC2C)cc(Cl)c1OC. The summed E-state index contributed by atoms with van der Waals surface area (Å²) in [5, 5.41) is 4.27. The standard InChI is InChI=1S/C17H26ClNO2/c1-11-5-6-15(12(2)7-11)19-10-13-8-14(18)17(21-4)16(9-13)20-3/h8-9,11-12,15,19H,5-7,10H2,1-4H3. The van der Waals surface area contributed by atoms with E-state index in [1.54, 1.807) is 14.2 Å². The molecule has 3 nitrogen and oxygen atoms in total. The lowest BCUT2D eigenvalue weighted by atomic mass is 9.80. The van der Waals surface area contributed by atoms with E-state index in [0.717, 1.165) is 23.9 Å². The fourth-order valence-electron chi connectivity index (χ4n) is 3.29. The van der Waals surface area contributed by atoms with Gasteiger partial charge in [-0.05, 0) is 48.8 Å². The topological polar surface area (TPSA) is 30.5 Å². The molecule has 0 aliphatic heterocycles. The summed E-state index contributed by atoms with van der Waals surface area (Å²) < 4.78 is 10.6. The minimum atomic E-state index is 0.591. The summed E-state index contributed by atoms with van der Waals surface area (Å²) in [6, 6.07) is 4.54. The highest BCUT2D eigenvalue weighted by Gasteiger charge is 2.24. The Labute approximate surface area is 133 Å². The molecular formula is C17H26ClNO2. The van der Waals surface area contributed by atoms with Crippen LogP contribution in [0.3, 0.4) is 0 Å². The zero-order chi connectivity index (χ0) is 15.4. The third kappa shape index (κ3) is 4.04. The molecule has 3 unspecified atom stereocenters. The average Bonchev–Trinajstić information content (AvgIpc) is 2.45. The Kier molecular flexibility index (Phi) is 5.77. The van der Waals surface area contributed by atoms with E-state index < -0.39 is 0 Å². The molecule has 0 spiro atoms. The molecule has 1 N–H and O–H groups in total. The zero-order valence-corrected chi connectivity index (χ0v) is 14.2. The Morgan fingerprint density at radius 2 is 1.95 bits per heavy atom. The van der Waals surface area contributed by atoms with Gasteiger partial charge in [0.15, 0.2) is 11.5 Å². The third-order valence-electron chi connectivity index (χ3n) is 4.49. The van der Waals surface area contributed by atoms with Gasteiger partial charge in [-0.2, -0.15) is 0 Å². The molecule has 4 heteroatoms. The van der Waals surface area contributed by atoms with Crippen molar-refractivity contribution >= 4 is 11.6 Å². The van der Waals surface area contributed by atoms with Crippen LogP contribution < -0.4 is 14.8 Å². The molecule has 1 aliphatic rings. The Balaban J connectivity index is 2.02. The lowest BCUT2D eigenvalue weighted by molar-refractivity contribution is 0.227. The van der Waals surface area contributed by atoms with Gasteiger partial charge in [0.1, 0.15) is 0 Å². The number of benzene rings is 1. The first-order chi connectivity index (χ1) is 10.0. The normalized spacial score (nSPS) is 25.7. The third-order valence-corrected chi connectivity index (χ3v) is 4.77. The van der Waals surface area contributed by atoms with Gasteiger partial charge >= 0.3 is 0 Å². The predicted molar refractivity (Wildman–Crippen MR) is 87.4 cm³/mol. The molecule has 1 aliphatic carbocycles. The van der Waals surface area contributed by atoms with Crippen LogP contribution in [0.5, 0.6) is 11.5 Å². The van der Waals surface area contributed by atoms with Crippen LogP contribution in [0.25, 0.3) is 0 Å². The predicted octanol–water partition coefficient (Wildman–Crippen LogP) is 4.27. The summed E-state index contributed by atoms with van der Waals surface area (Å²) in [5.74, 6) is 2.87. The van der Waals surface area contributed by atoms with Crippen LogP contribution in [0.2, 0.25) is 5.02 Å². The van der Waals surface area contributed by atoms with Crippen molar-refractivity contribution in [3.05, 3.63) is 22.7 Å². The first-order valence-electron chi connectivity index (χ1n) is 7.69. The first kappa shape index (κ1) is 16.4. The molecule has 0 bridgehead atoms. The second-order valence-corrected chi connectivity index (χ2v) is 6.60. The van der Waals surface area contributed by atoms with Crippen LogP contribution in [-0.4, -0.2) is 20.3 Å². The maximum Gasteiger partial charge on any atom is 0.179 e. The number of hydrogen-bond donors (Lipinski definition) is 1. The van der Waals surface area contributed by atoms with E-state index >= 15 is 0 Å². The van der Waals surface area contributed by atoms with Crippen LogP contribution in [0.1, 0.15) is 38.7 Å². The molecule has 21 heavy (non-hydrogen) atoms. The molecule has 0 radical (unpaired) electrons. The van der Waals surface area contributed by atoms with E-state index in [1.165, 1.54) is 19.3 Å². The summed E-state index contributed by atoms with van der Waals surface area (Å²) in [7, 11) is 3.24. The molecular weight excluding hydrogens is 286 g/mol. The molecule has 1 saturated carbocycles. The van der Waals surface area contributed by atoms with Crippen molar-refractivity contribution in [2.24, 2.45) is 11.8 Å². The van der Waals surface area contributed by atoms with Gasteiger partial charge in [-0.1, -0.05) is 25.4 Å². The van der Waals surface area contributed by atoms with E-state index in [2.05, 4.69) is 19.2 Å². The molecule has 0 saturated heterocycles. The molecule has 118 valence electrons. The monoisotopic (exact) mass is 311 g/mol. The fourth-order valence-corrected chi connectivity index (χ4v) is 3.60. The summed E-state index contributed by atoms with van der Waals surface area (Å²) in [5.41, 5.74) is 1.13. The van der Waals surface area contributed by atoms with Gasteiger partial charge in [0.05, 0.1) is 19.2 Å². The summed E-state index contributed by atoms with van der Waals surface area (Å²) in [6.07, 6.45) is 3.88. The summed E-state index contributed by atoms with van der Waals surface area (Å²) in [4.78, 5) is 0. The van der Waals surface area contributed by atoms with Crippen LogP contribution in [0.15, 0.2) is 12.1 Å². The summed E-state index contributed by atoms with van der Waals surface area (Å²) >= 11 is 6.25. The smallest absolute Gasteiger partial charge is 0.179 e. The molecule has 0 aromatic heterocycles. The lowest BCUT2D eigenvalue weighted by Crippen LogP contribution is -2.38. The first-order valence-corrected chi connectivity index (χ1v) is 8.06. The van der Waals surface area contributed by atoms with Gasteiger partial charge in [0.25, 0.3) is 0 Å². The molecule has 1 aromatic rings. The second-order valence-electron chi connectivity index (χ2n) is 6.20. The maximum atomic E-state index is 6.25. The number of ether oxygens (including phenoxy) is 2. The number of rotatable bonds is 5. The number of methoxy groups -OCH3 is 2. The highest BCUT2D eigenvalue weighted by atomic mass is 35.5. The zero-order valence-electron chi connectivity index (χ0n) is 13.4. The van der Waals surface area contributed by atoms with Crippen molar-refractivity contribution in [2.45, 2.75) is 45.7 Å². The average molecular weight is 312 g/mol. The van der Waals surface area contributed by atoms with E-state index in [1.807, 2.05) is 12.1 Å². The number of halogens is 1. The molecule has 2 rings (SSSR count). The van der Waals surface area contributed by atoms with Gasteiger partial charge in [-0.3, -0.25) is 0 Å². The van der Waals surface area contributed by atoms with E-state index in [-0.39, 0.29) is 0 Å². The highest BCUT2D eigenvalue weighted by Crippen LogP contribution is 2.36. The Morgan fingerprint density at radius 1 is 1.19 bits per heavy atom. The highest BCUT2D eigenvalue weighted by molar-refractivity contribution is 6.32. The van der Waals surface area contributed by atoms with Crippen LogP contribution in [-0.2, 0) is 6.54 Å². The fraction of sp³-hybridized carbons (Fsp3) is 0.647. The van der Waals surface area contributed by atoms with E-state index in [4.69, 9.17) is 21.1 Å². The van der Waals surface area contributed by atoms with Crippen molar-refractivity contribution in [3.63, 3.8) is 0 Å². The van der Waals surface area contributed by atoms with Crippen LogP contribution >= 0.6 is 11.6 Å². The Hall–Kier alpha value is -0.930. The minimum Gasteiger partial charge on any atom is -0.493 e. The number of nitrogens with one attached hydrogen (secondary N) is 1. The molecule has 3 atom stereocenters. The Bertz CT molecular complexity index is 478. The van der Waals surface area contributed by atoms with Gasteiger partial charge in [0.2, 0.25) is 0 Å². The van der Waals surface area contributed by atoms with Crippen molar-refractivity contribution in [3.8, 4) is 11.5 Å². The van der Waals surface area contributed by atoms with Gasteiger partial charge in [0, 0.05) is 12.6 Å². The van der Waals surface area contributed by atoms with Crippen molar-refractivity contribution in [1.82, 2.24) is 5.32 Å². The lowest BCUT2D eigenvalue weighted by Gasteiger charge is -2.33. The number of hydrogen-bond acceptors (Lipinski definition) is 3. The quantitative estimate of drug-likeness (QED) is 0.881. The largest absolute Gasteiger partial charge is 0.493 e. The molecule has 0 heterocycles. The van der Waals surface area contributed by atoms with Crippen molar-refractivity contribution in [1.29, 1.82) is 0 Å². The minimum absolute atomic E-state index is 0.591. The summed E-state index contributed by atoms with van der Waals surface area (Å²) in [6.45, 7) is 5.50. The van der Waals surface area contributed by atoms with Gasteiger partial charge in [-0.15, -0.1) is 0 Å². The maximum absolute atomic E-state index is 6.25. The molecule has 1 aromatic carbocycles. The van der Waals surface area contributed by atoms with Crippen LogP contribution in [0, 0.1) is 11.8 Å². The van der Waals surface area contributed by atoms with E-state index in [9.17, 15) is 0 Å². The molecule has 1 fully saturated rings. The Morgan fingerprint density at radius 3 is 2.57 bits per heavy atom. The van der Waals surface area contributed by atoms with E-state index in [0.29, 0.717) is 22.6 Å². The van der Waals surface area contributed by atoms with Gasteiger partial charge < -0.3 is 14.8 Å². The van der Waals surface area contributed by atoms with Crippen LogP contribution in [0.4, 0.5) is 0 Å². The van der Waals surface area contributed by atoms with Crippen molar-refractivity contribution in [2.75, 3.05) is 14.2 Å².